The number of aliphatic carboxylic acids is 1. The summed E-state index contributed by atoms with van der Waals surface area (Å²) >= 11 is 0. The molecule has 0 rings (SSSR count). The van der Waals surface area contributed by atoms with Crippen molar-refractivity contribution in [2.24, 2.45) is 0 Å². The van der Waals surface area contributed by atoms with Crippen LogP contribution in [-0.4, -0.2) is 27.1 Å². The number of rotatable bonds is 14. The summed E-state index contributed by atoms with van der Waals surface area (Å²) in [7, 11) is 0. The molecule has 0 atom stereocenters. The molecule has 4 nitrogen and oxygen atoms in total. The second kappa shape index (κ2) is 14.9. The summed E-state index contributed by atoms with van der Waals surface area (Å²) in [6.07, 6.45) is 22.5. The summed E-state index contributed by atoms with van der Waals surface area (Å²) < 4.78 is 0. The number of aliphatic hydroxyl groups is 2. The Hall–Kier alpha value is -1.65. The molecule has 0 fully saturated rings. The molecule has 4 heteroatoms. The molecule has 0 amide bonds. The fourth-order valence-corrected chi connectivity index (χ4v) is 2.12. The number of hydrogen-bond acceptors (Lipinski definition) is 3. The number of carboxylic acids is 1. The van der Waals surface area contributed by atoms with Crippen molar-refractivity contribution in [3.05, 3.63) is 48.6 Å². The first kappa shape index (κ1) is 22.4. The lowest BCUT2D eigenvalue weighted by Crippen LogP contribution is -2.26. The summed E-state index contributed by atoms with van der Waals surface area (Å²) in [6.45, 7) is 1.79. The van der Waals surface area contributed by atoms with Gasteiger partial charge in [0.1, 0.15) is 0 Å². The van der Waals surface area contributed by atoms with Crippen molar-refractivity contribution in [1.82, 2.24) is 0 Å². The van der Waals surface area contributed by atoms with Gasteiger partial charge in [-0.05, 0) is 25.7 Å². The minimum atomic E-state index is -1.47. The van der Waals surface area contributed by atoms with Gasteiger partial charge in [-0.25, -0.2) is 4.79 Å². The first-order valence-electron chi connectivity index (χ1n) is 8.82. The number of carboxylic acid groups (broad SMARTS) is 1. The first-order chi connectivity index (χ1) is 11.5. The maximum atomic E-state index is 10.2. The summed E-state index contributed by atoms with van der Waals surface area (Å²) in [5, 5.41) is 27.3. The van der Waals surface area contributed by atoms with Crippen LogP contribution in [0.5, 0.6) is 0 Å². The first-order valence-corrected chi connectivity index (χ1v) is 8.82. The smallest absolute Gasteiger partial charge is 0.328 e. The van der Waals surface area contributed by atoms with Crippen molar-refractivity contribution >= 4 is 5.97 Å². The summed E-state index contributed by atoms with van der Waals surface area (Å²) in [4.78, 5) is 10.2. The Labute approximate surface area is 145 Å². The average Bonchev–Trinajstić information content (AvgIpc) is 2.54. The van der Waals surface area contributed by atoms with Gasteiger partial charge in [0.2, 0.25) is 0 Å². The number of allylic oxidation sites excluding steroid dienone is 7. The Bertz CT molecular complexity index is 431. The van der Waals surface area contributed by atoms with E-state index in [0.717, 1.165) is 31.8 Å². The van der Waals surface area contributed by atoms with Crippen LogP contribution in [0, 0.1) is 0 Å². The van der Waals surface area contributed by atoms with E-state index in [4.69, 9.17) is 5.11 Å². The molecule has 0 aromatic heterocycles. The van der Waals surface area contributed by atoms with Crippen molar-refractivity contribution in [3.8, 4) is 0 Å². The minimum absolute atomic E-state index is 0.391. The topological polar surface area (TPSA) is 77.8 Å². The Morgan fingerprint density at radius 2 is 1.38 bits per heavy atom. The van der Waals surface area contributed by atoms with E-state index in [9.17, 15) is 15.0 Å². The zero-order valence-corrected chi connectivity index (χ0v) is 14.7. The van der Waals surface area contributed by atoms with Gasteiger partial charge >= 0.3 is 5.97 Å². The van der Waals surface area contributed by atoms with E-state index in [2.05, 4.69) is 6.08 Å². The van der Waals surface area contributed by atoms with Crippen LogP contribution in [-0.2, 0) is 4.79 Å². The van der Waals surface area contributed by atoms with E-state index in [0.29, 0.717) is 12.8 Å². The third-order valence-electron chi connectivity index (χ3n) is 3.69. The van der Waals surface area contributed by atoms with E-state index in [1.807, 2.05) is 18.2 Å². The highest BCUT2D eigenvalue weighted by molar-refractivity contribution is 5.80. The Morgan fingerprint density at radius 1 is 0.833 bits per heavy atom. The van der Waals surface area contributed by atoms with Gasteiger partial charge in [-0.2, -0.15) is 0 Å². The predicted molar refractivity (Wildman–Crippen MR) is 98.6 cm³/mol. The lowest BCUT2D eigenvalue weighted by Gasteiger charge is -2.19. The standard InChI is InChI=1S/C20H32O4/c1-2-20(23,24)18-16-14-12-10-8-6-4-3-5-7-9-11-13-15-17-19(21)22/h3,5,7,9,11,13,15,17,23-24H,2,4,6,8,10,12,14,16,18H2,1H3,(H,21,22)/b5-3+,9-7+,13-11+,17-15+. The van der Waals surface area contributed by atoms with Gasteiger partial charge in [-0.1, -0.05) is 75.1 Å². The Morgan fingerprint density at radius 3 is 2.00 bits per heavy atom. The van der Waals surface area contributed by atoms with Gasteiger partial charge < -0.3 is 15.3 Å². The quantitative estimate of drug-likeness (QED) is 0.189. The van der Waals surface area contributed by atoms with E-state index >= 15 is 0 Å². The van der Waals surface area contributed by atoms with Gasteiger partial charge in [0, 0.05) is 12.5 Å². The lowest BCUT2D eigenvalue weighted by atomic mass is 10.0. The van der Waals surface area contributed by atoms with Crippen LogP contribution in [0.4, 0.5) is 0 Å². The van der Waals surface area contributed by atoms with E-state index in [-0.39, 0.29) is 0 Å². The fourth-order valence-electron chi connectivity index (χ4n) is 2.12. The lowest BCUT2D eigenvalue weighted by molar-refractivity contribution is -0.167. The van der Waals surface area contributed by atoms with Crippen molar-refractivity contribution < 1.29 is 20.1 Å². The van der Waals surface area contributed by atoms with E-state index < -0.39 is 11.8 Å². The maximum absolute atomic E-state index is 10.2. The molecule has 0 saturated carbocycles. The molecule has 0 aromatic carbocycles. The molecule has 3 N–H and O–H groups in total. The van der Waals surface area contributed by atoms with Crippen LogP contribution in [0.2, 0.25) is 0 Å². The molecule has 0 heterocycles. The maximum Gasteiger partial charge on any atom is 0.328 e. The molecule has 24 heavy (non-hydrogen) atoms. The SMILES string of the molecule is CCC(O)(O)CCCCCCCC/C=C/C=C/C=C/C=C/C(=O)O. The van der Waals surface area contributed by atoms with Crippen molar-refractivity contribution in [2.45, 2.75) is 70.5 Å². The summed E-state index contributed by atoms with van der Waals surface area (Å²) in [5.41, 5.74) is 0. The molecule has 0 aliphatic heterocycles. The van der Waals surface area contributed by atoms with Crippen LogP contribution in [0.1, 0.15) is 64.7 Å². The Balaban J connectivity index is 3.45. The molecular formula is C20H32O4. The zero-order chi connectivity index (χ0) is 18.1. The molecule has 0 saturated heterocycles. The van der Waals surface area contributed by atoms with Gasteiger partial charge in [0.15, 0.2) is 5.79 Å². The normalized spacial score (nSPS) is 13.1. The van der Waals surface area contributed by atoms with Gasteiger partial charge in [0.25, 0.3) is 0 Å². The molecule has 0 aromatic rings. The van der Waals surface area contributed by atoms with Crippen molar-refractivity contribution in [2.75, 3.05) is 0 Å². The monoisotopic (exact) mass is 336 g/mol. The molecule has 0 radical (unpaired) electrons. The average molecular weight is 336 g/mol. The summed E-state index contributed by atoms with van der Waals surface area (Å²) in [6, 6.07) is 0. The number of unbranched alkanes of at least 4 members (excludes halogenated alkanes) is 6. The highest BCUT2D eigenvalue weighted by Crippen LogP contribution is 2.16. The van der Waals surface area contributed by atoms with E-state index in [1.54, 1.807) is 19.1 Å². The Kier molecular flexibility index (Phi) is 13.9. The van der Waals surface area contributed by atoms with Crippen LogP contribution < -0.4 is 0 Å². The van der Waals surface area contributed by atoms with Crippen LogP contribution in [0.25, 0.3) is 0 Å². The third kappa shape index (κ3) is 16.7. The third-order valence-corrected chi connectivity index (χ3v) is 3.69. The molecule has 0 aliphatic rings. The second-order valence-corrected chi connectivity index (χ2v) is 5.89. The van der Waals surface area contributed by atoms with Crippen LogP contribution in [0.15, 0.2) is 48.6 Å². The summed E-state index contributed by atoms with van der Waals surface area (Å²) in [5.74, 6) is -2.42. The zero-order valence-electron chi connectivity index (χ0n) is 14.7. The van der Waals surface area contributed by atoms with Gasteiger partial charge in [-0.3, -0.25) is 0 Å². The second-order valence-electron chi connectivity index (χ2n) is 5.89. The van der Waals surface area contributed by atoms with Crippen molar-refractivity contribution in [3.63, 3.8) is 0 Å². The molecule has 0 spiro atoms. The molecule has 0 bridgehead atoms. The minimum Gasteiger partial charge on any atom is -0.478 e. The van der Waals surface area contributed by atoms with Gasteiger partial charge in [-0.15, -0.1) is 0 Å². The highest BCUT2D eigenvalue weighted by Gasteiger charge is 2.18. The van der Waals surface area contributed by atoms with Gasteiger partial charge in [0.05, 0.1) is 0 Å². The van der Waals surface area contributed by atoms with Crippen molar-refractivity contribution in [1.29, 1.82) is 0 Å². The molecule has 0 aliphatic carbocycles. The van der Waals surface area contributed by atoms with Crippen LogP contribution in [0.3, 0.4) is 0 Å². The predicted octanol–water partition coefficient (Wildman–Crippen LogP) is 4.51. The fraction of sp³-hybridized carbons (Fsp3) is 0.550. The molecular weight excluding hydrogens is 304 g/mol. The number of carbonyl (C=O) groups is 1. The van der Waals surface area contributed by atoms with E-state index in [1.165, 1.54) is 25.3 Å². The largest absolute Gasteiger partial charge is 0.478 e. The molecule has 136 valence electrons. The molecule has 0 unspecified atom stereocenters. The highest BCUT2D eigenvalue weighted by atomic mass is 16.5. The van der Waals surface area contributed by atoms with Crippen LogP contribution >= 0.6 is 0 Å². The number of hydrogen-bond donors (Lipinski definition) is 3.